The van der Waals surface area contributed by atoms with Crippen LogP contribution in [0.25, 0.3) is 27.7 Å². The van der Waals surface area contributed by atoms with Crippen molar-refractivity contribution in [3.05, 3.63) is 178 Å². The van der Waals surface area contributed by atoms with Gasteiger partial charge >= 0.3 is 0 Å². The third-order valence-corrected chi connectivity index (χ3v) is 16.0. The molecule has 0 atom stereocenters. The summed E-state index contributed by atoms with van der Waals surface area (Å²) in [5, 5.41) is 1.28. The Morgan fingerprint density at radius 2 is 1.08 bits per heavy atom. The zero-order valence-corrected chi connectivity index (χ0v) is 41.2. The lowest BCUT2D eigenvalue weighted by atomic mass is 9.34. The zero-order valence-electron chi connectivity index (χ0n) is 41.2. The van der Waals surface area contributed by atoms with E-state index in [-0.39, 0.29) is 33.8 Å². The van der Waals surface area contributed by atoms with Crippen molar-refractivity contribution < 1.29 is 0 Å². The van der Waals surface area contributed by atoms with Gasteiger partial charge in [0.2, 0.25) is 0 Å². The molecule has 4 bridgehead atoms. The first kappa shape index (κ1) is 41.2. The Hall–Kier alpha value is -6.26. The van der Waals surface area contributed by atoms with E-state index in [4.69, 9.17) is 0 Å². The van der Waals surface area contributed by atoms with Crippen molar-refractivity contribution in [2.45, 2.75) is 117 Å². The average Bonchev–Trinajstić information content (AvgIpc) is 3.73. The number of nitrogens with zero attached hydrogens (tertiary/aromatic N) is 3. The molecule has 3 aliphatic heterocycles. The summed E-state index contributed by atoms with van der Waals surface area (Å²) in [5.41, 5.74) is 25.7. The predicted molar refractivity (Wildman–Crippen MR) is 283 cm³/mol. The molecule has 328 valence electrons. The Balaban J connectivity index is 1.28. The van der Waals surface area contributed by atoms with Crippen molar-refractivity contribution in [2.24, 2.45) is 0 Å². The van der Waals surface area contributed by atoms with E-state index in [0.29, 0.717) is 0 Å². The van der Waals surface area contributed by atoms with Gasteiger partial charge in [0, 0.05) is 61.5 Å². The molecule has 0 fully saturated rings. The fourth-order valence-electron chi connectivity index (χ4n) is 12.4. The molecule has 12 rings (SSSR count). The highest BCUT2D eigenvalue weighted by atomic mass is 15.2. The first-order valence-corrected chi connectivity index (χ1v) is 24.2. The van der Waals surface area contributed by atoms with E-state index in [1.807, 2.05) is 0 Å². The third kappa shape index (κ3) is 5.51. The SMILES string of the molecule is CC(C)(C)c1ccc(N2c3ccc4cc3B3c5c2cccc5N(c2ccc(C(C)(C)C)cc2)c2c3n(c3c5c(ccc23)C(C)(C)c2ccccc2-5)-c2ccc(C(C)(C)C)c(c2)C4(C)C)cc1. The van der Waals surface area contributed by atoms with Crippen molar-refractivity contribution in [2.75, 3.05) is 9.80 Å². The summed E-state index contributed by atoms with van der Waals surface area (Å²) in [6.07, 6.45) is 0. The van der Waals surface area contributed by atoms with E-state index in [0.717, 1.165) is 0 Å². The minimum Gasteiger partial charge on any atom is -0.319 e. The van der Waals surface area contributed by atoms with E-state index in [1.54, 1.807) is 0 Å². The standard InChI is InChI=1S/C62H62BN3/c1-58(2,3)37-21-26-40(27-22-37)64-50-34-25-39-35-49(50)63-54-51(64)19-16-20-52(54)65(41-28-23-38(24-29-41)59(4,5)6)56-44-31-33-47-53(43-17-14-15-18-45(43)62(47,12)13)55(44)66(57(56)63)42-30-32-46(60(7,8)9)48(36-42)61(39,10)11/h14-36H,1-13H3. The van der Waals surface area contributed by atoms with Crippen molar-refractivity contribution >= 4 is 68.3 Å². The molecule has 4 heteroatoms. The molecule has 0 radical (unpaired) electrons. The molecule has 7 aromatic carbocycles. The number of rotatable bonds is 2. The highest BCUT2D eigenvalue weighted by Gasteiger charge is 2.49. The maximum Gasteiger partial charge on any atom is 0.273 e. The normalized spacial score (nSPS) is 16.1. The lowest BCUT2D eigenvalue weighted by molar-refractivity contribution is 0.549. The monoisotopic (exact) mass is 860 g/mol. The number of aromatic nitrogens is 1. The Labute approximate surface area is 393 Å². The third-order valence-electron chi connectivity index (χ3n) is 16.0. The van der Waals surface area contributed by atoms with Crippen LogP contribution in [0.4, 0.5) is 34.1 Å². The molecule has 0 saturated carbocycles. The number of benzene rings is 7. The van der Waals surface area contributed by atoms with Crippen LogP contribution in [0.3, 0.4) is 0 Å². The predicted octanol–water partition coefficient (Wildman–Crippen LogP) is 14.6. The second kappa shape index (κ2) is 13.2. The van der Waals surface area contributed by atoms with Crippen LogP contribution < -0.4 is 26.3 Å². The maximum absolute atomic E-state index is 2.74. The molecule has 1 aromatic heterocycles. The van der Waals surface area contributed by atoms with Gasteiger partial charge in [0.25, 0.3) is 6.71 Å². The van der Waals surface area contributed by atoms with Gasteiger partial charge in [-0.05, 0) is 126 Å². The molecule has 0 saturated heterocycles. The largest absolute Gasteiger partial charge is 0.319 e. The number of anilines is 6. The smallest absolute Gasteiger partial charge is 0.273 e. The average molecular weight is 860 g/mol. The molecular formula is C62H62BN3. The molecule has 4 aliphatic rings. The molecular weight excluding hydrogens is 798 g/mol. The van der Waals surface area contributed by atoms with Crippen molar-refractivity contribution in [1.29, 1.82) is 0 Å². The summed E-state index contributed by atoms with van der Waals surface area (Å²) in [4.78, 5) is 5.19. The summed E-state index contributed by atoms with van der Waals surface area (Å²) in [7, 11) is 0. The lowest BCUT2D eigenvalue weighted by Gasteiger charge is -2.44. The topological polar surface area (TPSA) is 11.4 Å². The van der Waals surface area contributed by atoms with E-state index in [9.17, 15) is 0 Å². The van der Waals surface area contributed by atoms with Gasteiger partial charge in [0.15, 0.2) is 0 Å². The first-order chi connectivity index (χ1) is 31.2. The number of hydrogen-bond acceptors (Lipinski definition) is 2. The first-order valence-electron chi connectivity index (χ1n) is 24.2. The number of hydrogen-bond donors (Lipinski definition) is 0. The van der Waals surface area contributed by atoms with Gasteiger partial charge < -0.3 is 14.4 Å². The lowest BCUT2D eigenvalue weighted by Crippen LogP contribution is -2.63. The van der Waals surface area contributed by atoms with Gasteiger partial charge in [-0.25, -0.2) is 0 Å². The van der Waals surface area contributed by atoms with Crippen LogP contribution in [0, 0.1) is 0 Å². The van der Waals surface area contributed by atoms with Gasteiger partial charge in [-0.15, -0.1) is 0 Å². The summed E-state index contributed by atoms with van der Waals surface area (Å²) in [6, 6.07) is 55.0. The maximum atomic E-state index is 2.74. The van der Waals surface area contributed by atoms with Crippen LogP contribution in [-0.2, 0) is 27.1 Å². The molecule has 0 spiro atoms. The summed E-state index contributed by atoms with van der Waals surface area (Å²) in [6.45, 7) is 30.7. The molecule has 4 heterocycles. The second-order valence-electron chi connectivity index (χ2n) is 23.9. The Morgan fingerprint density at radius 3 is 1.71 bits per heavy atom. The van der Waals surface area contributed by atoms with Crippen LogP contribution in [0.15, 0.2) is 140 Å². The van der Waals surface area contributed by atoms with Crippen LogP contribution >= 0.6 is 0 Å². The fraction of sp³-hybridized carbons (Fsp3) is 0.290. The van der Waals surface area contributed by atoms with E-state index < -0.39 is 0 Å². The molecule has 3 nitrogen and oxygen atoms in total. The summed E-state index contributed by atoms with van der Waals surface area (Å²) in [5.74, 6) is 0. The van der Waals surface area contributed by atoms with Crippen LogP contribution in [0.2, 0.25) is 0 Å². The van der Waals surface area contributed by atoms with Gasteiger partial charge in [-0.3, -0.25) is 0 Å². The van der Waals surface area contributed by atoms with E-state index >= 15 is 0 Å². The van der Waals surface area contributed by atoms with Crippen molar-refractivity contribution in [1.82, 2.24) is 4.57 Å². The van der Waals surface area contributed by atoms with Crippen molar-refractivity contribution in [3.8, 4) is 16.8 Å². The summed E-state index contributed by atoms with van der Waals surface area (Å²) >= 11 is 0. The van der Waals surface area contributed by atoms with E-state index in [1.165, 1.54) is 117 Å². The highest BCUT2D eigenvalue weighted by molar-refractivity contribution is 7.00. The molecule has 66 heavy (non-hydrogen) atoms. The fourth-order valence-corrected chi connectivity index (χ4v) is 12.4. The second-order valence-corrected chi connectivity index (χ2v) is 23.9. The van der Waals surface area contributed by atoms with Gasteiger partial charge in [0.05, 0.1) is 11.2 Å². The quantitative estimate of drug-likeness (QED) is 0.160. The van der Waals surface area contributed by atoms with Crippen LogP contribution in [0.5, 0.6) is 0 Å². The molecule has 8 aromatic rings. The Morgan fingerprint density at radius 1 is 0.470 bits per heavy atom. The minimum atomic E-state index is -0.290. The van der Waals surface area contributed by atoms with Crippen LogP contribution in [-0.4, -0.2) is 11.3 Å². The van der Waals surface area contributed by atoms with Gasteiger partial charge in [0.1, 0.15) is 0 Å². The minimum absolute atomic E-state index is 0.0300. The molecule has 0 amide bonds. The highest BCUT2D eigenvalue weighted by Crippen LogP contribution is 2.55. The summed E-state index contributed by atoms with van der Waals surface area (Å²) < 4.78 is 2.74. The Bertz CT molecular complexity index is 3360. The molecule has 0 N–H and O–H groups in total. The van der Waals surface area contributed by atoms with Crippen LogP contribution in [0.1, 0.15) is 129 Å². The molecule has 1 aliphatic carbocycles. The molecule has 0 unspecified atom stereocenters. The zero-order chi connectivity index (χ0) is 46.2. The number of fused-ring (bicyclic) bond motifs is 11. The van der Waals surface area contributed by atoms with E-state index in [2.05, 4.69) is 244 Å². The van der Waals surface area contributed by atoms with Gasteiger partial charge in [-0.1, -0.05) is 175 Å². The van der Waals surface area contributed by atoms with Crippen molar-refractivity contribution in [3.63, 3.8) is 0 Å². The Kier molecular flexibility index (Phi) is 8.25. The van der Waals surface area contributed by atoms with Gasteiger partial charge in [-0.2, -0.15) is 0 Å².